The lowest BCUT2D eigenvalue weighted by atomic mass is 9.84. The van der Waals surface area contributed by atoms with E-state index in [1.807, 2.05) is 0 Å². The Bertz CT molecular complexity index is 771. The molecule has 1 amide bonds. The maximum Gasteiger partial charge on any atom is 0.227 e. The summed E-state index contributed by atoms with van der Waals surface area (Å²) in [7, 11) is 0. The van der Waals surface area contributed by atoms with Gasteiger partial charge < -0.3 is 10.1 Å². The largest absolute Gasteiger partial charge is 0.375 e. The van der Waals surface area contributed by atoms with Crippen LogP contribution in [0.3, 0.4) is 0 Å². The molecule has 1 atom stereocenters. The fourth-order valence-electron chi connectivity index (χ4n) is 4.06. The van der Waals surface area contributed by atoms with Gasteiger partial charge >= 0.3 is 0 Å². The highest BCUT2D eigenvalue weighted by Gasteiger charge is 2.41. The zero-order valence-electron chi connectivity index (χ0n) is 13.6. The van der Waals surface area contributed by atoms with E-state index in [0.29, 0.717) is 23.2 Å². The molecule has 4 nitrogen and oxygen atoms in total. The molecule has 2 aliphatic rings. The summed E-state index contributed by atoms with van der Waals surface area (Å²) in [6, 6.07) is 6.60. The number of para-hydroxylation sites is 1. The van der Waals surface area contributed by atoms with Crippen molar-refractivity contribution in [3.05, 3.63) is 36.3 Å². The van der Waals surface area contributed by atoms with Crippen LogP contribution in [0.5, 0.6) is 0 Å². The van der Waals surface area contributed by atoms with E-state index in [0.717, 1.165) is 25.7 Å². The molecule has 1 spiro atoms. The van der Waals surface area contributed by atoms with E-state index in [1.165, 1.54) is 25.1 Å². The van der Waals surface area contributed by atoms with Gasteiger partial charge in [0, 0.05) is 17.9 Å². The Morgan fingerprint density at radius 2 is 2.17 bits per heavy atom. The molecule has 2 aromatic rings. The van der Waals surface area contributed by atoms with E-state index < -0.39 is 0 Å². The number of nitrogens with zero attached hydrogens (tertiary/aromatic N) is 1. The molecule has 24 heavy (non-hydrogen) atoms. The Balaban J connectivity index is 1.49. The first-order valence-corrected chi connectivity index (χ1v) is 8.64. The number of anilines is 1. The predicted molar refractivity (Wildman–Crippen MR) is 90.2 cm³/mol. The minimum absolute atomic E-state index is 0.0159. The molecule has 4 rings (SSSR count). The van der Waals surface area contributed by atoms with Crippen molar-refractivity contribution < 1.29 is 13.9 Å². The minimum atomic E-state index is -0.349. The fourth-order valence-corrected chi connectivity index (χ4v) is 4.06. The summed E-state index contributed by atoms with van der Waals surface area (Å²) in [5, 5.41) is 3.64. The van der Waals surface area contributed by atoms with Crippen LogP contribution in [0.1, 0.15) is 38.5 Å². The molecule has 1 saturated heterocycles. The van der Waals surface area contributed by atoms with Crippen molar-refractivity contribution in [1.29, 1.82) is 0 Å². The van der Waals surface area contributed by atoms with Crippen LogP contribution in [0.4, 0.5) is 10.1 Å². The SMILES string of the molecule is O=C(Nc1cnc2c(F)cccc2c1)C1CCOC2(CCCC2)C1. The van der Waals surface area contributed by atoms with E-state index in [1.54, 1.807) is 18.2 Å². The van der Waals surface area contributed by atoms with Gasteiger partial charge in [-0.2, -0.15) is 0 Å². The average molecular weight is 328 g/mol. The van der Waals surface area contributed by atoms with Crippen LogP contribution in [-0.2, 0) is 9.53 Å². The summed E-state index contributed by atoms with van der Waals surface area (Å²) in [6.07, 6.45) is 7.58. The molecule has 0 bridgehead atoms. The second kappa shape index (κ2) is 6.13. The molecule has 5 heteroatoms. The smallest absolute Gasteiger partial charge is 0.227 e. The molecule has 1 saturated carbocycles. The Kier molecular flexibility index (Phi) is 3.96. The number of halogens is 1. The number of pyridine rings is 1. The maximum absolute atomic E-state index is 13.7. The van der Waals surface area contributed by atoms with Crippen molar-refractivity contribution in [3.8, 4) is 0 Å². The quantitative estimate of drug-likeness (QED) is 0.905. The van der Waals surface area contributed by atoms with Gasteiger partial charge in [0.05, 0.1) is 17.5 Å². The summed E-state index contributed by atoms with van der Waals surface area (Å²) in [4.78, 5) is 16.8. The molecule has 1 N–H and O–H groups in total. The number of hydrogen-bond acceptors (Lipinski definition) is 3. The maximum atomic E-state index is 13.7. The summed E-state index contributed by atoms with van der Waals surface area (Å²) in [6.45, 7) is 0.652. The molecular weight excluding hydrogens is 307 g/mol. The number of fused-ring (bicyclic) bond motifs is 1. The Hall–Kier alpha value is -2.01. The third kappa shape index (κ3) is 2.88. The van der Waals surface area contributed by atoms with Crippen LogP contribution in [0.25, 0.3) is 10.9 Å². The van der Waals surface area contributed by atoms with Crippen molar-refractivity contribution in [1.82, 2.24) is 4.98 Å². The Morgan fingerprint density at radius 3 is 3.00 bits per heavy atom. The third-order valence-corrected chi connectivity index (χ3v) is 5.31. The van der Waals surface area contributed by atoms with Crippen molar-refractivity contribution >= 4 is 22.5 Å². The minimum Gasteiger partial charge on any atom is -0.375 e. The van der Waals surface area contributed by atoms with Crippen LogP contribution >= 0.6 is 0 Å². The molecule has 1 aliphatic carbocycles. The topological polar surface area (TPSA) is 51.2 Å². The Morgan fingerprint density at radius 1 is 1.33 bits per heavy atom. The molecule has 126 valence electrons. The monoisotopic (exact) mass is 328 g/mol. The number of carbonyl (C=O) groups is 1. The van der Waals surface area contributed by atoms with Gasteiger partial charge in [0.2, 0.25) is 5.91 Å². The fraction of sp³-hybridized carbons (Fsp3) is 0.474. The highest BCUT2D eigenvalue weighted by Crippen LogP contribution is 2.42. The van der Waals surface area contributed by atoms with E-state index in [2.05, 4.69) is 10.3 Å². The molecule has 1 aromatic heterocycles. The van der Waals surface area contributed by atoms with Crippen LogP contribution in [0, 0.1) is 11.7 Å². The van der Waals surface area contributed by atoms with Gasteiger partial charge in [0.15, 0.2) is 0 Å². The van der Waals surface area contributed by atoms with Crippen molar-refractivity contribution in [2.24, 2.45) is 5.92 Å². The van der Waals surface area contributed by atoms with Crippen LogP contribution < -0.4 is 5.32 Å². The highest BCUT2D eigenvalue weighted by molar-refractivity contribution is 5.94. The van der Waals surface area contributed by atoms with Gasteiger partial charge in [0.25, 0.3) is 0 Å². The highest BCUT2D eigenvalue weighted by atomic mass is 19.1. The standard InChI is InChI=1S/C19H21FN2O2/c20-16-5-3-4-13-10-15(12-21-17(13)16)22-18(23)14-6-9-24-19(11-14)7-1-2-8-19/h3-5,10,12,14H,1-2,6-9,11H2,(H,22,23). The zero-order chi connectivity index (χ0) is 16.6. The molecule has 2 fully saturated rings. The van der Waals surface area contributed by atoms with Crippen LogP contribution in [-0.4, -0.2) is 23.1 Å². The summed E-state index contributed by atoms with van der Waals surface area (Å²) in [5.74, 6) is -0.361. The summed E-state index contributed by atoms with van der Waals surface area (Å²) < 4.78 is 19.7. The van der Waals surface area contributed by atoms with Crippen molar-refractivity contribution in [2.75, 3.05) is 11.9 Å². The molecule has 0 radical (unpaired) electrons. The number of nitrogens with one attached hydrogen (secondary N) is 1. The molecule has 1 unspecified atom stereocenters. The van der Waals surface area contributed by atoms with E-state index in [4.69, 9.17) is 4.74 Å². The second-order valence-corrected chi connectivity index (χ2v) is 6.95. The number of carbonyl (C=O) groups excluding carboxylic acids is 1. The number of hydrogen-bond donors (Lipinski definition) is 1. The van der Waals surface area contributed by atoms with E-state index in [-0.39, 0.29) is 23.2 Å². The van der Waals surface area contributed by atoms with Gasteiger partial charge in [-0.3, -0.25) is 9.78 Å². The lowest BCUT2D eigenvalue weighted by Crippen LogP contribution is -2.41. The summed E-state index contributed by atoms with van der Waals surface area (Å²) in [5.41, 5.74) is 0.863. The first-order valence-electron chi connectivity index (χ1n) is 8.64. The first-order chi connectivity index (χ1) is 11.7. The van der Waals surface area contributed by atoms with Crippen LogP contribution in [0.2, 0.25) is 0 Å². The van der Waals surface area contributed by atoms with E-state index in [9.17, 15) is 9.18 Å². The predicted octanol–water partition coefficient (Wildman–Crippen LogP) is 4.05. The number of aromatic nitrogens is 1. The van der Waals surface area contributed by atoms with Gasteiger partial charge in [-0.25, -0.2) is 4.39 Å². The molecule has 1 aliphatic heterocycles. The second-order valence-electron chi connectivity index (χ2n) is 6.95. The van der Waals surface area contributed by atoms with Gasteiger partial charge in [-0.1, -0.05) is 25.0 Å². The lowest BCUT2D eigenvalue weighted by Gasteiger charge is -2.37. The van der Waals surface area contributed by atoms with Crippen molar-refractivity contribution in [3.63, 3.8) is 0 Å². The number of rotatable bonds is 2. The summed E-state index contributed by atoms with van der Waals surface area (Å²) >= 11 is 0. The molecule has 1 aromatic carbocycles. The number of ether oxygens (including phenoxy) is 1. The lowest BCUT2D eigenvalue weighted by molar-refractivity contribution is -0.133. The van der Waals surface area contributed by atoms with Gasteiger partial charge in [0.1, 0.15) is 11.3 Å². The first kappa shape index (κ1) is 15.5. The van der Waals surface area contributed by atoms with Gasteiger partial charge in [-0.15, -0.1) is 0 Å². The number of benzene rings is 1. The van der Waals surface area contributed by atoms with Crippen molar-refractivity contribution in [2.45, 2.75) is 44.1 Å². The average Bonchev–Trinajstić information content (AvgIpc) is 3.02. The zero-order valence-corrected chi connectivity index (χ0v) is 13.6. The number of amides is 1. The van der Waals surface area contributed by atoms with Gasteiger partial charge in [-0.05, 0) is 37.8 Å². The molecular formula is C19H21FN2O2. The normalized spacial score (nSPS) is 22.8. The van der Waals surface area contributed by atoms with Crippen LogP contribution in [0.15, 0.2) is 30.5 Å². The van der Waals surface area contributed by atoms with E-state index >= 15 is 0 Å². The molecule has 2 heterocycles. The Labute approximate surface area is 140 Å². The third-order valence-electron chi connectivity index (χ3n) is 5.31.